The second-order valence-corrected chi connectivity index (χ2v) is 9.41. The molecule has 41 heavy (non-hydrogen) atoms. The number of hydrogen-bond donors (Lipinski definition) is 3. The summed E-state index contributed by atoms with van der Waals surface area (Å²) in [6, 6.07) is 15.7. The predicted molar refractivity (Wildman–Crippen MR) is 145 cm³/mol. The van der Waals surface area contributed by atoms with Gasteiger partial charge in [-0.15, -0.1) is 0 Å². The molecule has 0 aromatic heterocycles. The van der Waals surface area contributed by atoms with Gasteiger partial charge in [-0.25, -0.2) is 9.18 Å². The summed E-state index contributed by atoms with van der Waals surface area (Å²) < 4.78 is 54.5. The Kier molecular flexibility index (Phi) is 6.74. The highest BCUT2D eigenvalue weighted by Gasteiger charge is 2.39. The van der Waals surface area contributed by atoms with Crippen molar-refractivity contribution in [3.63, 3.8) is 0 Å². The minimum atomic E-state index is -4.64. The molecule has 208 valence electrons. The maximum Gasteiger partial charge on any atom is 0.416 e. The normalized spacial score (nSPS) is 14.0. The molecule has 1 aliphatic heterocycles. The molecule has 0 unspecified atom stereocenters. The number of hydrogen-bond acceptors (Lipinski definition) is 5. The number of aryl methyl sites for hydroxylation is 2. The number of nitrogens with one attached hydrogen (secondary N) is 1. The lowest BCUT2D eigenvalue weighted by molar-refractivity contribution is -0.137. The highest BCUT2D eigenvalue weighted by Crippen LogP contribution is 2.41. The van der Waals surface area contributed by atoms with Crippen molar-refractivity contribution in [1.29, 1.82) is 0 Å². The number of halogens is 4. The second kappa shape index (κ2) is 10.1. The van der Waals surface area contributed by atoms with Crippen LogP contribution in [0.25, 0.3) is 11.1 Å². The van der Waals surface area contributed by atoms with E-state index in [0.717, 1.165) is 40.3 Å². The summed E-state index contributed by atoms with van der Waals surface area (Å²) in [6.07, 6.45) is -4.64. The van der Waals surface area contributed by atoms with Gasteiger partial charge in [-0.3, -0.25) is 15.1 Å². The Labute approximate surface area is 231 Å². The zero-order chi connectivity index (χ0) is 29.6. The van der Waals surface area contributed by atoms with E-state index in [9.17, 15) is 37.4 Å². The lowest BCUT2D eigenvalue weighted by Gasteiger charge is -2.19. The van der Waals surface area contributed by atoms with E-state index in [-0.39, 0.29) is 39.5 Å². The average Bonchev–Trinajstić information content (AvgIpc) is 3.19. The second-order valence-electron chi connectivity index (χ2n) is 9.41. The number of fused-ring (bicyclic) bond motifs is 1. The minimum Gasteiger partial charge on any atom is -0.505 e. The first-order valence-corrected chi connectivity index (χ1v) is 12.2. The Hall–Kier alpha value is -5.19. The van der Waals surface area contributed by atoms with Crippen molar-refractivity contribution in [2.24, 2.45) is 5.10 Å². The van der Waals surface area contributed by atoms with Crippen molar-refractivity contribution in [3.8, 4) is 16.9 Å². The summed E-state index contributed by atoms with van der Waals surface area (Å²) in [5, 5.41) is 24.3. The number of benzene rings is 4. The van der Waals surface area contributed by atoms with Gasteiger partial charge in [0.25, 0.3) is 5.91 Å². The van der Waals surface area contributed by atoms with Gasteiger partial charge in [0.15, 0.2) is 5.71 Å². The summed E-state index contributed by atoms with van der Waals surface area (Å²) in [4.78, 5) is 26.1. The van der Waals surface area contributed by atoms with Crippen LogP contribution in [0.15, 0.2) is 77.9 Å². The first kappa shape index (κ1) is 27.4. The Morgan fingerprint density at radius 2 is 1.68 bits per heavy atom. The molecule has 0 spiro atoms. The van der Waals surface area contributed by atoms with Crippen LogP contribution in [-0.4, -0.2) is 27.8 Å². The number of aromatic carboxylic acids is 1. The number of amides is 1. The summed E-state index contributed by atoms with van der Waals surface area (Å²) in [7, 11) is 0. The third-order valence-corrected chi connectivity index (χ3v) is 6.81. The molecule has 0 saturated heterocycles. The minimum absolute atomic E-state index is 0.000821. The summed E-state index contributed by atoms with van der Waals surface area (Å²) in [5.74, 6) is -3.48. The summed E-state index contributed by atoms with van der Waals surface area (Å²) in [5.41, 5.74) is 3.55. The molecule has 1 aliphatic rings. The van der Waals surface area contributed by atoms with Crippen molar-refractivity contribution in [1.82, 2.24) is 0 Å². The maximum absolute atomic E-state index is 13.9. The number of carboxylic acid groups (broad SMARTS) is 1. The lowest BCUT2D eigenvalue weighted by atomic mass is 10.0. The number of phenolic OH excluding ortho intramolecular Hbond substituents is 1. The number of aromatic hydroxyl groups is 1. The largest absolute Gasteiger partial charge is 0.505 e. The average molecular weight is 564 g/mol. The zero-order valence-electron chi connectivity index (χ0n) is 21.5. The van der Waals surface area contributed by atoms with Gasteiger partial charge in [-0.1, -0.05) is 24.3 Å². The van der Waals surface area contributed by atoms with E-state index in [1.807, 2.05) is 13.8 Å². The van der Waals surface area contributed by atoms with Crippen LogP contribution in [-0.2, 0) is 11.0 Å². The fourth-order valence-corrected chi connectivity index (χ4v) is 4.49. The molecule has 0 aliphatic carbocycles. The number of nitrogens with zero attached hydrogens (tertiary/aromatic N) is 2. The molecule has 5 rings (SSSR count). The zero-order valence-corrected chi connectivity index (χ0v) is 21.5. The molecule has 3 N–H and O–H groups in total. The van der Waals surface area contributed by atoms with Gasteiger partial charge >= 0.3 is 12.1 Å². The first-order chi connectivity index (χ1) is 19.4. The van der Waals surface area contributed by atoms with Gasteiger partial charge in [0.2, 0.25) is 0 Å². The standard InChI is InChI=1S/C30H21F4N3O4/c1-15-6-9-19(12-16(15)2)37-25-14-18(30(32,33)34)8-10-21(25)26(28(37)39)36-35-24-5-3-4-20(27(24)38)17-7-11-23(31)22(13-17)29(40)41/h3-14,35,38H,1-2H3,(H,40,41). The van der Waals surface area contributed by atoms with Crippen molar-refractivity contribution in [2.75, 3.05) is 10.3 Å². The fourth-order valence-electron chi connectivity index (χ4n) is 4.49. The molecule has 1 heterocycles. The van der Waals surface area contributed by atoms with Crippen LogP contribution < -0.4 is 10.3 Å². The molecule has 0 fully saturated rings. The van der Waals surface area contributed by atoms with Crippen molar-refractivity contribution >= 4 is 34.7 Å². The van der Waals surface area contributed by atoms with Crippen LogP contribution in [0.2, 0.25) is 0 Å². The van der Waals surface area contributed by atoms with Crippen molar-refractivity contribution < 1.29 is 37.4 Å². The van der Waals surface area contributed by atoms with Crippen LogP contribution in [0, 0.1) is 19.7 Å². The number of para-hydroxylation sites is 1. The van der Waals surface area contributed by atoms with E-state index in [2.05, 4.69) is 10.5 Å². The Morgan fingerprint density at radius 3 is 2.37 bits per heavy atom. The van der Waals surface area contributed by atoms with E-state index >= 15 is 0 Å². The van der Waals surface area contributed by atoms with Gasteiger partial charge in [0, 0.05) is 16.8 Å². The highest BCUT2D eigenvalue weighted by molar-refractivity contribution is 6.55. The van der Waals surface area contributed by atoms with Crippen molar-refractivity contribution in [2.45, 2.75) is 20.0 Å². The number of carboxylic acids is 1. The summed E-state index contributed by atoms with van der Waals surface area (Å²) in [6.45, 7) is 3.69. The van der Waals surface area contributed by atoms with Crippen LogP contribution in [0.3, 0.4) is 0 Å². The summed E-state index contributed by atoms with van der Waals surface area (Å²) >= 11 is 0. The number of carbonyl (C=O) groups excluding carboxylic acids is 1. The molecule has 7 nitrogen and oxygen atoms in total. The Balaban J connectivity index is 1.57. The van der Waals surface area contributed by atoms with Crippen LogP contribution in [0.4, 0.5) is 34.6 Å². The lowest BCUT2D eigenvalue weighted by Crippen LogP contribution is -2.26. The molecular weight excluding hydrogens is 542 g/mol. The predicted octanol–water partition coefficient (Wildman–Crippen LogP) is 7.03. The van der Waals surface area contributed by atoms with E-state index in [1.165, 1.54) is 30.3 Å². The van der Waals surface area contributed by atoms with E-state index < -0.39 is 35.0 Å². The highest BCUT2D eigenvalue weighted by atomic mass is 19.4. The maximum atomic E-state index is 13.9. The van der Waals surface area contributed by atoms with Gasteiger partial charge < -0.3 is 10.2 Å². The molecule has 4 aromatic rings. The molecule has 0 radical (unpaired) electrons. The number of phenols is 1. The van der Waals surface area contributed by atoms with Gasteiger partial charge in [-0.05, 0) is 79.1 Å². The van der Waals surface area contributed by atoms with Crippen molar-refractivity contribution in [3.05, 3.63) is 106 Å². The van der Waals surface area contributed by atoms with E-state index in [4.69, 9.17) is 0 Å². The third kappa shape index (κ3) is 4.97. The third-order valence-electron chi connectivity index (χ3n) is 6.81. The molecule has 1 amide bonds. The molecule has 4 aromatic carbocycles. The number of anilines is 3. The van der Waals surface area contributed by atoms with Crippen LogP contribution >= 0.6 is 0 Å². The Bertz CT molecular complexity index is 1770. The molecule has 0 bridgehead atoms. The molecular formula is C30H21F4N3O4. The topological polar surface area (TPSA) is 102 Å². The number of rotatable bonds is 5. The van der Waals surface area contributed by atoms with E-state index in [1.54, 1.807) is 18.2 Å². The monoisotopic (exact) mass is 563 g/mol. The van der Waals surface area contributed by atoms with Crippen LogP contribution in [0.1, 0.15) is 32.6 Å². The number of hydrazone groups is 1. The molecule has 11 heteroatoms. The smallest absolute Gasteiger partial charge is 0.416 e. The molecule has 0 saturated carbocycles. The Morgan fingerprint density at radius 1 is 0.927 bits per heavy atom. The van der Waals surface area contributed by atoms with E-state index in [0.29, 0.717) is 5.69 Å². The first-order valence-electron chi connectivity index (χ1n) is 12.2. The molecule has 0 atom stereocenters. The number of carbonyl (C=O) groups is 2. The van der Waals surface area contributed by atoms with Gasteiger partial charge in [0.05, 0.1) is 22.5 Å². The fraction of sp³-hybridized carbons (Fsp3) is 0.100. The SMILES string of the molecule is Cc1ccc(N2C(=O)C(=NNc3cccc(-c4ccc(F)c(C(=O)O)c4)c3O)c3ccc(C(F)(F)F)cc32)cc1C. The van der Waals surface area contributed by atoms with Gasteiger partial charge in [0.1, 0.15) is 11.6 Å². The van der Waals surface area contributed by atoms with Crippen LogP contribution in [0.5, 0.6) is 5.75 Å². The number of alkyl halides is 3. The quantitative estimate of drug-likeness (QED) is 0.138. The van der Waals surface area contributed by atoms with Gasteiger partial charge in [-0.2, -0.15) is 18.3 Å².